The van der Waals surface area contributed by atoms with Crippen molar-refractivity contribution in [3.8, 4) is 0 Å². The number of anilines is 1. The van der Waals surface area contributed by atoms with Crippen molar-refractivity contribution < 1.29 is 27.9 Å². The quantitative estimate of drug-likeness (QED) is 0.517. The van der Waals surface area contributed by atoms with Crippen LogP contribution in [-0.4, -0.2) is 27.9 Å². The first-order valence-corrected chi connectivity index (χ1v) is 11.5. The minimum atomic E-state index is -1.19. The molecule has 0 saturated heterocycles. The number of carbonyl (C=O) groups is 3. The third-order valence-corrected chi connectivity index (χ3v) is 5.87. The highest BCUT2D eigenvalue weighted by Gasteiger charge is 2.33. The lowest BCUT2D eigenvalue weighted by atomic mass is 9.90. The number of rotatable bonds is 7. The molecule has 1 atom stereocenters. The van der Waals surface area contributed by atoms with Gasteiger partial charge in [-0.2, -0.15) is 4.99 Å². The van der Waals surface area contributed by atoms with E-state index in [1.165, 1.54) is 4.57 Å². The highest BCUT2D eigenvalue weighted by molar-refractivity contribution is 7.07. The van der Waals surface area contributed by atoms with E-state index in [-0.39, 0.29) is 47.3 Å². The van der Waals surface area contributed by atoms with Gasteiger partial charge in [-0.15, -0.1) is 23.7 Å². The SMILES string of the molecule is CC(C)[C@@](C)(N)C(=O)OCn1ccsc1=NC(=O)c1cc(F)c(NC(=O)CC(C)(C)C)c(F)c1.Cl. The van der Waals surface area contributed by atoms with E-state index in [1.807, 2.05) is 20.8 Å². The lowest BCUT2D eigenvalue weighted by molar-refractivity contribution is -0.155. The Morgan fingerprint density at radius 2 is 1.74 bits per heavy atom. The summed E-state index contributed by atoms with van der Waals surface area (Å²) in [6, 6.07) is 1.62. The van der Waals surface area contributed by atoms with Crippen molar-refractivity contribution in [3.05, 3.63) is 45.7 Å². The normalized spacial score (nSPS) is 13.7. The van der Waals surface area contributed by atoms with Crippen molar-refractivity contribution in [2.75, 3.05) is 5.32 Å². The Hall–Kier alpha value is -2.63. The van der Waals surface area contributed by atoms with Gasteiger partial charge in [-0.05, 0) is 30.4 Å². The first-order chi connectivity index (χ1) is 15.6. The number of nitrogens with zero attached hydrogens (tertiary/aromatic N) is 2. The average Bonchev–Trinajstić information content (AvgIpc) is 3.13. The van der Waals surface area contributed by atoms with Crippen LogP contribution in [0, 0.1) is 23.0 Å². The van der Waals surface area contributed by atoms with Gasteiger partial charge >= 0.3 is 5.97 Å². The van der Waals surface area contributed by atoms with Crippen molar-refractivity contribution in [2.24, 2.45) is 22.1 Å². The molecule has 1 aromatic heterocycles. The maximum absolute atomic E-state index is 14.5. The number of ether oxygens (including phenoxy) is 1. The Morgan fingerprint density at radius 3 is 2.26 bits per heavy atom. The smallest absolute Gasteiger partial charge is 0.327 e. The van der Waals surface area contributed by atoms with Crippen molar-refractivity contribution >= 4 is 47.2 Å². The summed E-state index contributed by atoms with van der Waals surface area (Å²) in [5, 5.41) is 3.82. The molecule has 2 rings (SSSR count). The summed E-state index contributed by atoms with van der Waals surface area (Å²) in [6.07, 6.45) is 1.60. The van der Waals surface area contributed by atoms with E-state index in [9.17, 15) is 23.2 Å². The second kappa shape index (κ2) is 11.9. The Kier molecular flexibility index (Phi) is 10.3. The van der Waals surface area contributed by atoms with Crippen molar-refractivity contribution in [1.29, 1.82) is 0 Å². The van der Waals surface area contributed by atoms with Gasteiger partial charge in [-0.25, -0.2) is 13.6 Å². The Morgan fingerprint density at radius 1 is 1.17 bits per heavy atom. The molecule has 35 heavy (non-hydrogen) atoms. The van der Waals surface area contributed by atoms with Crippen molar-refractivity contribution in [1.82, 2.24) is 4.57 Å². The van der Waals surface area contributed by atoms with Crippen molar-refractivity contribution in [3.63, 3.8) is 0 Å². The topological polar surface area (TPSA) is 116 Å². The zero-order valence-electron chi connectivity index (χ0n) is 20.5. The second-order valence-corrected chi connectivity index (χ2v) is 10.5. The van der Waals surface area contributed by atoms with Gasteiger partial charge in [0.05, 0.1) is 0 Å². The molecule has 0 aliphatic rings. The van der Waals surface area contributed by atoms with Gasteiger partial charge in [-0.1, -0.05) is 34.6 Å². The summed E-state index contributed by atoms with van der Waals surface area (Å²) in [5.41, 5.74) is 3.46. The van der Waals surface area contributed by atoms with Gasteiger partial charge in [0, 0.05) is 23.6 Å². The standard InChI is InChI=1S/C23H30F2N4O4S.ClH/c1-13(2)23(6,26)20(32)33-12-29-7-8-34-21(29)28-19(31)14-9-15(24)18(16(25)10-14)27-17(30)11-22(3,4)5;/h7-10,13H,11-12,26H2,1-6H3,(H,27,30);1H/t23-;/m1./s1. The van der Waals surface area contributed by atoms with E-state index < -0.39 is 40.6 Å². The lowest BCUT2D eigenvalue weighted by Gasteiger charge is -2.26. The van der Waals surface area contributed by atoms with E-state index in [4.69, 9.17) is 10.5 Å². The number of hydrogen-bond donors (Lipinski definition) is 2. The molecule has 0 radical (unpaired) electrons. The molecule has 1 aromatic carbocycles. The van der Waals surface area contributed by atoms with E-state index >= 15 is 0 Å². The van der Waals surface area contributed by atoms with Crippen LogP contribution in [0.4, 0.5) is 14.5 Å². The minimum Gasteiger partial charge on any atom is -0.442 e. The Balaban J connectivity index is 0.00000612. The molecule has 194 valence electrons. The highest BCUT2D eigenvalue weighted by Crippen LogP contribution is 2.24. The molecule has 0 fully saturated rings. The molecule has 0 spiro atoms. The molecule has 2 amide bonds. The molecule has 0 saturated carbocycles. The third-order valence-electron chi connectivity index (χ3n) is 5.08. The molecule has 0 unspecified atom stereocenters. The number of amides is 2. The van der Waals surface area contributed by atoms with E-state index in [0.717, 1.165) is 23.5 Å². The van der Waals surface area contributed by atoms with Crippen molar-refractivity contribution in [2.45, 2.75) is 60.2 Å². The maximum atomic E-state index is 14.5. The number of esters is 1. The van der Waals surface area contributed by atoms with Crippen LogP contribution < -0.4 is 15.9 Å². The lowest BCUT2D eigenvalue weighted by Crippen LogP contribution is -2.50. The van der Waals surface area contributed by atoms with Gasteiger partial charge in [-0.3, -0.25) is 14.2 Å². The largest absolute Gasteiger partial charge is 0.442 e. The fourth-order valence-corrected chi connectivity index (χ4v) is 3.35. The molecule has 12 heteroatoms. The van der Waals surface area contributed by atoms with Crippen LogP contribution in [0.3, 0.4) is 0 Å². The zero-order valence-corrected chi connectivity index (χ0v) is 22.1. The maximum Gasteiger partial charge on any atom is 0.327 e. The van der Waals surface area contributed by atoms with Gasteiger partial charge < -0.3 is 15.8 Å². The highest BCUT2D eigenvalue weighted by atomic mass is 35.5. The number of nitrogens with two attached hydrogens (primary N) is 1. The van der Waals surface area contributed by atoms with Crippen LogP contribution in [0.2, 0.25) is 0 Å². The molecule has 1 heterocycles. The summed E-state index contributed by atoms with van der Waals surface area (Å²) in [6.45, 7) is 10.4. The monoisotopic (exact) mass is 532 g/mol. The van der Waals surface area contributed by atoms with E-state index in [1.54, 1.807) is 32.3 Å². The van der Waals surface area contributed by atoms with Crippen LogP contribution in [-0.2, 0) is 21.1 Å². The average molecular weight is 533 g/mol. The summed E-state index contributed by atoms with van der Waals surface area (Å²) in [7, 11) is 0. The van der Waals surface area contributed by atoms with Crippen LogP contribution in [0.5, 0.6) is 0 Å². The molecular formula is C23H31ClF2N4O4S. The Labute approximate surface area is 213 Å². The predicted octanol–water partition coefficient (Wildman–Crippen LogP) is 4.24. The molecule has 2 aromatic rings. The summed E-state index contributed by atoms with van der Waals surface area (Å²) < 4.78 is 35.6. The molecular weight excluding hydrogens is 502 g/mol. The molecule has 3 N–H and O–H groups in total. The summed E-state index contributed by atoms with van der Waals surface area (Å²) >= 11 is 1.07. The van der Waals surface area contributed by atoms with E-state index in [2.05, 4.69) is 10.3 Å². The number of benzene rings is 1. The van der Waals surface area contributed by atoms with E-state index in [0.29, 0.717) is 0 Å². The first kappa shape index (κ1) is 30.4. The summed E-state index contributed by atoms with van der Waals surface area (Å²) in [4.78, 5) is 40.9. The summed E-state index contributed by atoms with van der Waals surface area (Å²) in [5.74, 6) is -4.42. The first-order valence-electron chi connectivity index (χ1n) is 10.6. The van der Waals surface area contributed by atoms with Crippen LogP contribution in [0.25, 0.3) is 0 Å². The van der Waals surface area contributed by atoms with Gasteiger partial charge in [0.2, 0.25) is 5.91 Å². The third kappa shape index (κ3) is 8.22. The fourth-order valence-electron chi connectivity index (χ4n) is 2.64. The number of halogens is 3. The second-order valence-electron chi connectivity index (χ2n) is 9.67. The van der Waals surface area contributed by atoms with Gasteiger partial charge in [0.25, 0.3) is 5.91 Å². The van der Waals surface area contributed by atoms with Gasteiger partial charge in [0.15, 0.2) is 23.2 Å². The molecule has 0 bridgehead atoms. The number of aromatic nitrogens is 1. The van der Waals surface area contributed by atoms with Crippen LogP contribution in [0.15, 0.2) is 28.7 Å². The number of thiazole rings is 1. The minimum absolute atomic E-state index is 0. The van der Waals surface area contributed by atoms with Crippen LogP contribution in [0.1, 0.15) is 58.3 Å². The predicted molar refractivity (Wildman–Crippen MR) is 132 cm³/mol. The van der Waals surface area contributed by atoms with Crippen LogP contribution >= 0.6 is 23.7 Å². The number of nitrogens with one attached hydrogen (secondary N) is 1. The fraction of sp³-hybridized carbons (Fsp3) is 0.478. The molecule has 8 nitrogen and oxygen atoms in total. The Bertz CT molecular complexity index is 1130. The zero-order chi connectivity index (χ0) is 25.8. The number of hydrogen-bond acceptors (Lipinski definition) is 6. The van der Waals surface area contributed by atoms with Gasteiger partial charge in [0.1, 0.15) is 11.2 Å². The molecule has 0 aliphatic carbocycles. The molecule has 0 aliphatic heterocycles. The number of carbonyl (C=O) groups excluding carboxylic acids is 3.